The summed E-state index contributed by atoms with van der Waals surface area (Å²) in [5.74, 6) is 2.20. The van der Waals surface area contributed by atoms with Gasteiger partial charge in [0.2, 0.25) is 11.1 Å². The third-order valence-corrected chi connectivity index (χ3v) is 6.37. The van der Waals surface area contributed by atoms with E-state index in [-0.39, 0.29) is 6.10 Å². The van der Waals surface area contributed by atoms with Gasteiger partial charge in [0.15, 0.2) is 11.5 Å². The second kappa shape index (κ2) is 11.1. The van der Waals surface area contributed by atoms with Crippen LogP contribution in [0.2, 0.25) is 0 Å². The quantitative estimate of drug-likeness (QED) is 0.298. The Hall–Kier alpha value is -3.46. The third-order valence-electron chi connectivity index (χ3n) is 5.65. The van der Waals surface area contributed by atoms with Crippen molar-refractivity contribution in [1.29, 1.82) is 0 Å². The van der Waals surface area contributed by atoms with Crippen molar-refractivity contribution in [2.75, 3.05) is 18.2 Å². The van der Waals surface area contributed by atoms with Gasteiger partial charge < -0.3 is 19.5 Å². The standard InChI is InChI=1S/C27H32N4O4S/c1-7-36-27-29-26-28-18(5)23(25(32)35-16(2)3)24(31(26)30-27)20-11-12-21(22(14-20)33-6)34-15-19-10-8-9-17(4)13-19/h8-14,16,24H,7,15H2,1-6H3,(H,28,29,30). The molecule has 8 nitrogen and oxygen atoms in total. The fraction of sp³-hybridized carbons (Fsp3) is 0.370. The van der Waals surface area contributed by atoms with Crippen LogP contribution in [0.4, 0.5) is 5.95 Å². The lowest BCUT2D eigenvalue weighted by atomic mass is 9.95. The van der Waals surface area contributed by atoms with Gasteiger partial charge in [-0.2, -0.15) is 4.98 Å². The fourth-order valence-electron chi connectivity index (χ4n) is 4.11. The van der Waals surface area contributed by atoms with E-state index in [1.54, 1.807) is 23.6 Å². The Bertz CT molecular complexity index is 1280. The summed E-state index contributed by atoms with van der Waals surface area (Å²) in [7, 11) is 1.60. The highest BCUT2D eigenvalue weighted by Crippen LogP contribution is 2.40. The number of allylic oxidation sites excluding steroid dienone is 1. The molecule has 0 aliphatic carbocycles. The fourth-order valence-corrected chi connectivity index (χ4v) is 4.66. The van der Waals surface area contributed by atoms with E-state index in [4.69, 9.17) is 19.3 Å². The molecule has 0 spiro atoms. The lowest BCUT2D eigenvalue weighted by Crippen LogP contribution is -2.30. The second-order valence-electron chi connectivity index (χ2n) is 8.80. The lowest BCUT2D eigenvalue weighted by Gasteiger charge is -2.29. The highest BCUT2D eigenvalue weighted by atomic mass is 32.2. The molecule has 2 heterocycles. The topological polar surface area (TPSA) is 87.5 Å². The average molecular weight is 509 g/mol. The zero-order valence-corrected chi connectivity index (χ0v) is 22.3. The van der Waals surface area contributed by atoms with Gasteiger partial charge in [0.25, 0.3) is 0 Å². The number of anilines is 1. The van der Waals surface area contributed by atoms with Crippen LogP contribution in [0.1, 0.15) is 50.4 Å². The molecule has 1 aliphatic heterocycles. The SMILES string of the molecule is CCSc1nc2n(n1)C(c1ccc(OCc3cccc(C)c3)c(OC)c1)C(C(=O)OC(C)C)=C(C)N2. The number of fused-ring (bicyclic) bond motifs is 1. The maximum Gasteiger partial charge on any atom is 0.338 e. The van der Waals surface area contributed by atoms with Gasteiger partial charge in [0, 0.05) is 5.70 Å². The van der Waals surface area contributed by atoms with E-state index in [1.807, 2.05) is 58.0 Å². The normalized spacial score (nSPS) is 14.9. The van der Waals surface area contributed by atoms with E-state index in [2.05, 4.69) is 29.4 Å². The maximum atomic E-state index is 13.2. The Morgan fingerprint density at radius 2 is 1.97 bits per heavy atom. The largest absolute Gasteiger partial charge is 0.493 e. The first-order valence-electron chi connectivity index (χ1n) is 11.9. The third kappa shape index (κ3) is 5.51. The van der Waals surface area contributed by atoms with Crippen molar-refractivity contribution in [2.24, 2.45) is 0 Å². The number of aryl methyl sites for hydroxylation is 1. The van der Waals surface area contributed by atoms with Crippen LogP contribution < -0.4 is 14.8 Å². The van der Waals surface area contributed by atoms with Gasteiger partial charge in [-0.25, -0.2) is 9.48 Å². The summed E-state index contributed by atoms with van der Waals surface area (Å²) in [6, 6.07) is 13.3. The predicted octanol–water partition coefficient (Wildman–Crippen LogP) is 5.53. The first kappa shape index (κ1) is 25.6. The molecule has 1 atom stereocenters. The summed E-state index contributed by atoms with van der Waals surface area (Å²) >= 11 is 1.54. The van der Waals surface area contributed by atoms with E-state index < -0.39 is 12.0 Å². The Morgan fingerprint density at radius 1 is 1.17 bits per heavy atom. The number of carbonyl (C=O) groups excluding carboxylic acids is 1. The van der Waals surface area contributed by atoms with E-state index in [0.29, 0.717) is 40.5 Å². The van der Waals surface area contributed by atoms with Crippen LogP contribution in [0.15, 0.2) is 58.9 Å². The molecule has 1 unspecified atom stereocenters. The first-order valence-corrected chi connectivity index (χ1v) is 12.9. The number of benzene rings is 2. The molecule has 0 saturated heterocycles. The smallest absolute Gasteiger partial charge is 0.338 e. The minimum atomic E-state index is -0.536. The summed E-state index contributed by atoms with van der Waals surface area (Å²) < 4.78 is 19.1. The number of ether oxygens (including phenoxy) is 3. The van der Waals surface area contributed by atoms with Gasteiger partial charge in [-0.3, -0.25) is 0 Å². The Labute approximate surface area is 216 Å². The van der Waals surface area contributed by atoms with Crippen molar-refractivity contribution in [2.45, 2.75) is 58.5 Å². The molecule has 1 aromatic heterocycles. The van der Waals surface area contributed by atoms with E-state index >= 15 is 0 Å². The number of nitrogens with zero attached hydrogens (tertiary/aromatic N) is 3. The van der Waals surface area contributed by atoms with Crippen molar-refractivity contribution < 1.29 is 19.0 Å². The number of rotatable bonds is 9. The number of carbonyl (C=O) groups is 1. The molecule has 9 heteroatoms. The summed E-state index contributed by atoms with van der Waals surface area (Å²) in [6.07, 6.45) is -0.256. The highest BCUT2D eigenvalue weighted by molar-refractivity contribution is 7.99. The molecule has 1 aliphatic rings. The summed E-state index contributed by atoms with van der Waals surface area (Å²) in [5.41, 5.74) is 4.22. The number of aromatic nitrogens is 3. The van der Waals surface area contributed by atoms with Crippen molar-refractivity contribution in [3.63, 3.8) is 0 Å². The van der Waals surface area contributed by atoms with Crippen LogP contribution in [0, 0.1) is 6.92 Å². The molecular formula is C27H32N4O4S. The van der Waals surface area contributed by atoms with Gasteiger partial charge >= 0.3 is 5.97 Å². The van der Waals surface area contributed by atoms with Crippen LogP contribution in [0.3, 0.4) is 0 Å². The maximum absolute atomic E-state index is 13.2. The van der Waals surface area contributed by atoms with Crippen LogP contribution in [-0.2, 0) is 16.1 Å². The van der Waals surface area contributed by atoms with Crippen LogP contribution >= 0.6 is 11.8 Å². The van der Waals surface area contributed by atoms with Crippen molar-refractivity contribution in [3.05, 3.63) is 70.4 Å². The molecule has 1 N–H and O–H groups in total. The Balaban J connectivity index is 1.72. The number of nitrogens with one attached hydrogen (secondary N) is 1. The summed E-state index contributed by atoms with van der Waals surface area (Å²) in [6.45, 7) is 10.0. The minimum Gasteiger partial charge on any atom is -0.493 e. The monoisotopic (exact) mass is 508 g/mol. The summed E-state index contributed by atoms with van der Waals surface area (Å²) in [4.78, 5) is 17.8. The number of esters is 1. The molecule has 0 amide bonds. The van der Waals surface area contributed by atoms with Gasteiger partial charge in [-0.15, -0.1) is 5.10 Å². The average Bonchev–Trinajstić information content (AvgIpc) is 3.23. The second-order valence-corrected chi connectivity index (χ2v) is 10.0. The van der Waals surface area contributed by atoms with Crippen LogP contribution in [0.5, 0.6) is 11.5 Å². The number of methoxy groups -OCH3 is 1. The molecule has 0 bridgehead atoms. The van der Waals surface area contributed by atoms with E-state index in [0.717, 1.165) is 16.9 Å². The van der Waals surface area contributed by atoms with E-state index in [1.165, 1.54) is 5.56 Å². The molecule has 2 aromatic carbocycles. The number of hydrogen-bond donors (Lipinski definition) is 1. The highest BCUT2D eigenvalue weighted by Gasteiger charge is 2.36. The molecular weight excluding hydrogens is 476 g/mol. The van der Waals surface area contributed by atoms with E-state index in [9.17, 15) is 4.79 Å². The zero-order chi connectivity index (χ0) is 25.8. The molecule has 0 saturated carbocycles. The van der Waals surface area contributed by atoms with Gasteiger partial charge in [-0.1, -0.05) is 54.6 Å². The number of hydrogen-bond acceptors (Lipinski definition) is 8. The van der Waals surface area contributed by atoms with Crippen LogP contribution in [-0.4, -0.2) is 39.7 Å². The molecule has 36 heavy (non-hydrogen) atoms. The van der Waals surface area contributed by atoms with Crippen LogP contribution in [0.25, 0.3) is 0 Å². The zero-order valence-electron chi connectivity index (χ0n) is 21.5. The van der Waals surface area contributed by atoms with Gasteiger partial charge in [-0.05, 0) is 56.7 Å². The lowest BCUT2D eigenvalue weighted by molar-refractivity contribution is -0.143. The van der Waals surface area contributed by atoms with Crippen molar-refractivity contribution in [3.8, 4) is 11.5 Å². The van der Waals surface area contributed by atoms with Crippen molar-refractivity contribution in [1.82, 2.24) is 14.8 Å². The number of thioether (sulfide) groups is 1. The van der Waals surface area contributed by atoms with Gasteiger partial charge in [0.05, 0.1) is 18.8 Å². The minimum absolute atomic E-state index is 0.256. The Morgan fingerprint density at radius 3 is 2.67 bits per heavy atom. The predicted molar refractivity (Wildman–Crippen MR) is 141 cm³/mol. The molecule has 0 fully saturated rings. The summed E-state index contributed by atoms with van der Waals surface area (Å²) in [5, 5.41) is 8.56. The van der Waals surface area contributed by atoms with Crippen molar-refractivity contribution >= 4 is 23.7 Å². The Kier molecular flexibility index (Phi) is 7.88. The molecule has 3 aromatic rings. The molecule has 4 rings (SSSR count). The molecule has 190 valence electrons. The molecule has 0 radical (unpaired) electrons. The first-order chi connectivity index (χ1) is 17.3. The van der Waals surface area contributed by atoms with Gasteiger partial charge in [0.1, 0.15) is 12.6 Å².